The van der Waals surface area contributed by atoms with Gasteiger partial charge in [0.15, 0.2) is 0 Å². The molecule has 0 radical (unpaired) electrons. The van der Waals surface area contributed by atoms with E-state index in [2.05, 4.69) is 4.99 Å². The number of halogens is 1. The zero-order valence-electron chi connectivity index (χ0n) is 9.51. The molecule has 0 aromatic heterocycles. The van der Waals surface area contributed by atoms with E-state index < -0.39 is 10.8 Å². The molecule has 1 rings (SSSR count). The second-order valence-electron chi connectivity index (χ2n) is 3.50. The molecule has 1 amide bonds. The molecule has 0 heterocycles. The standard InChI is InChI=1S/C10H11ClN4O3/c1-5-7(14-9(12)4-11)2-6(10(13)16)3-8(5)15(17)18/h2-3H,4H2,1H3,(H2,12,14)(H2,13,16). The van der Waals surface area contributed by atoms with Gasteiger partial charge in [-0.25, -0.2) is 4.99 Å². The van der Waals surface area contributed by atoms with E-state index >= 15 is 0 Å². The largest absolute Gasteiger partial charge is 0.386 e. The Morgan fingerprint density at radius 2 is 2.11 bits per heavy atom. The number of carbonyl (C=O) groups excluding carboxylic acids is 1. The summed E-state index contributed by atoms with van der Waals surface area (Å²) in [7, 11) is 0. The van der Waals surface area contributed by atoms with Gasteiger partial charge in [-0.3, -0.25) is 14.9 Å². The van der Waals surface area contributed by atoms with Crippen LogP contribution in [0.1, 0.15) is 15.9 Å². The van der Waals surface area contributed by atoms with Gasteiger partial charge in [0.2, 0.25) is 5.91 Å². The molecule has 0 aliphatic heterocycles. The van der Waals surface area contributed by atoms with E-state index in [1.807, 2.05) is 0 Å². The molecule has 96 valence electrons. The van der Waals surface area contributed by atoms with E-state index in [1.165, 1.54) is 13.0 Å². The van der Waals surface area contributed by atoms with Crippen molar-refractivity contribution in [2.24, 2.45) is 16.5 Å². The smallest absolute Gasteiger partial charge is 0.275 e. The molecule has 4 N–H and O–H groups in total. The van der Waals surface area contributed by atoms with Gasteiger partial charge in [-0.05, 0) is 13.0 Å². The van der Waals surface area contributed by atoms with Crippen molar-refractivity contribution in [1.29, 1.82) is 0 Å². The number of benzene rings is 1. The number of primary amides is 1. The first-order valence-corrected chi connectivity index (χ1v) is 5.38. The number of amidine groups is 1. The van der Waals surface area contributed by atoms with Crippen molar-refractivity contribution in [3.8, 4) is 0 Å². The maximum absolute atomic E-state index is 11.1. The number of carbonyl (C=O) groups is 1. The number of hydrogen-bond acceptors (Lipinski definition) is 4. The molecule has 0 unspecified atom stereocenters. The molecule has 7 nitrogen and oxygen atoms in total. The summed E-state index contributed by atoms with van der Waals surface area (Å²) in [4.78, 5) is 25.2. The topological polar surface area (TPSA) is 125 Å². The highest BCUT2D eigenvalue weighted by atomic mass is 35.5. The second kappa shape index (κ2) is 5.46. The van der Waals surface area contributed by atoms with E-state index in [0.717, 1.165) is 6.07 Å². The summed E-state index contributed by atoms with van der Waals surface area (Å²) < 4.78 is 0. The summed E-state index contributed by atoms with van der Waals surface area (Å²) in [6, 6.07) is 2.44. The normalized spacial score (nSPS) is 11.3. The fourth-order valence-corrected chi connectivity index (χ4v) is 1.38. The Labute approximate surface area is 108 Å². The van der Waals surface area contributed by atoms with E-state index in [-0.39, 0.29) is 34.2 Å². The number of amides is 1. The number of nitrogens with two attached hydrogens (primary N) is 2. The fourth-order valence-electron chi connectivity index (χ4n) is 1.32. The molecular weight excluding hydrogens is 260 g/mol. The van der Waals surface area contributed by atoms with Crippen LogP contribution in [0.5, 0.6) is 0 Å². The predicted molar refractivity (Wildman–Crippen MR) is 68.4 cm³/mol. The zero-order valence-corrected chi connectivity index (χ0v) is 10.3. The highest BCUT2D eigenvalue weighted by molar-refractivity contribution is 6.28. The fraction of sp³-hybridized carbons (Fsp3) is 0.200. The van der Waals surface area contributed by atoms with Gasteiger partial charge in [-0.15, -0.1) is 11.6 Å². The second-order valence-corrected chi connectivity index (χ2v) is 3.76. The van der Waals surface area contributed by atoms with Crippen LogP contribution < -0.4 is 11.5 Å². The third-order valence-corrected chi connectivity index (χ3v) is 2.51. The minimum Gasteiger partial charge on any atom is -0.386 e. The van der Waals surface area contributed by atoms with Crippen LogP contribution >= 0.6 is 11.6 Å². The molecular formula is C10H11ClN4O3. The van der Waals surface area contributed by atoms with Crippen molar-refractivity contribution in [3.63, 3.8) is 0 Å². The van der Waals surface area contributed by atoms with Crippen LogP contribution in [0.15, 0.2) is 17.1 Å². The number of hydrogen-bond donors (Lipinski definition) is 2. The summed E-state index contributed by atoms with van der Waals surface area (Å²) in [6.07, 6.45) is 0. The van der Waals surface area contributed by atoms with Crippen molar-refractivity contribution >= 4 is 34.7 Å². The van der Waals surface area contributed by atoms with Crippen LogP contribution in [0.4, 0.5) is 11.4 Å². The third kappa shape index (κ3) is 2.95. The minimum absolute atomic E-state index is 0.00609. The van der Waals surface area contributed by atoms with Gasteiger partial charge in [0.25, 0.3) is 5.69 Å². The number of aliphatic imine (C=N–C) groups is 1. The lowest BCUT2D eigenvalue weighted by Crippen LogP contribution is -2.14. The van der Waals surface area contributed by atoms with Gasteiger partial charge < -0.3 is 11.5 Å². The third-order valence-electron chi connectivity index (χ3n) is 2.24. The monoisotopic (exact) mass is 270 g/mol. The maximum Gasteiger partial charge on any atom is 0.275 e. The van der Waals surface area contributed by atoms with E-state index in [9.17, 15) is 14.9 Å². The van der Waals surface area contributed by atoms with E-state index in [0.29, 0.717) is 0 Å². The molecule has 1 aromatic carbocycles. The first-order chi connectivity index (χ1) is 8.36. The van der Waals surface area contributed by atoms with Crippen LogP contribution in [0.3, 0.4) is 0 Å². The van der Waals surface area contributed by atoms with Crippen LogP contribution in [0.25, 0.3) is 0 Å². The van der Waals surface area contributed by atoms with Gasteiger partial charge in [0, 0.05) is 11.6 Å². The summed E-state index contributed by atoms with van der Waals surface area (Å²) in [5.74, 6) is -0.705. The summed E-state index contributed by atoms with van der Waals surface area (Å²) >= 11 is 5.48. The first kappa shape index (κ1) is 13.9. The van der Waals surface area contributed by atoms with Crippen molar-refractivity contribution in [1.82, 2.24) is 0 Å². The molecule has 18 heavy (non-hydrogen) atoms. The molecule has 0 atom stereocenters. The highest BCUT2D eigenvalue weighted by Crippen LogP contribution is 2.29. The lowest BCUT2D eigenvalue weighted by atomic mass is 10.1. The zero-order chi connectivity index (χ0) is 13.9. The average molecular weight is 271 g/mol. The molecule has 0 fully saturated rings. The SMILES string of the molecule is Cc1c(N=C(N)CCl)cc(C(N)=O)cc1[N+](=O)[O-]. The summed E-state index contributed by atoms with van der Waals surface area (Å²) in [6.45, 7) is 1.50. The van der Waals surface area contributed by atoms with Gasteiger partial charge in [-0.2, -0.15) is 0 Å². The molecule has 0 aliphatic carbocycles. The molecule has 0 saturated carbocycles. The lowest BCUT2D eigenvalue weighted by Gasteiger charge is -2.05. The average Bonchev–Trinajstić information content (AvgIpc) is 2.30. The summed E-state index contributed by atoms with van der Waals surface area (Å²) in [5, 5.41) is 10.9. The Hall–Kier alpha value is -2.15. The molecule has 0 spiro atoms. The van der Waals surface area contributed by atoms with Crippen molar-refractivity contribution in [2.45, 2.75) is 6.92 Å². The Bertz CT molecular complexity index is 542. The Kier molecular flexibility index (Phi) is 4.22. The lowest BCUT2D eigenvalue weighted by molar-refractivity contribution is -0.385. The predicted octanol–water partition coefficient (Wildman–Crippen LogP) is 1.23. The molecule has 0 bridgehead atoms. The number of nitro groups is 1. The number of nitrogens with zero attached hydrogens (tertiary/aromatic N) is 2. The number of rotatable bonds is 4. The molecule has 8 heteroatoms. The number of alkyl halides is 1. The number of nitro benzene ring substituents is 1. The Morgan fingerprint density at radius 3 is 2.56 bits per heavy atom. The van der Waals surface area contributed by atoms with Crippen LogP contribution in [0.2, 0.25) is 0 Å². The van der Waals surface area contributed by atoms with Gasteiger partial charge >= 0.3 is 0 Å². The van der Waals surface area contributed by atoms with Gasteiger partial charge in [0.1, 0.15) is 5.84 Å². The van der Waals surface area contributed by atoms with E-state index in [4.69, 9.17) is 23.1 Å². The van der Waals surface area contributed by atoms with Crippen LogP contribution in [-0.4, -0.2) is 22.5 Å². The van der Waals surface area contributed by atoms with Crippen LogP contribution in [-0.2, 0) is 0 Å². The molecule has 1 aromatic rings. The van der Waals surface area contributed by atoms with Crippen molar-refractivity contribution in [2.75, 3.05) is 5.88 Å². The highest BCUT2D eigenvalue weighted by Gasteiger charge is 2.18. The van der Waals surface area contributed by atoms with Gasteiger partial charge in [0.05, 0.1) is 22.1 Å². The Balaban J connectivity index is 3.50. The van der Waals surface area contributed by atoms with Crippen molar-refractivity contribution in [3.05, 3.63) is 33.4 Å². The Morgan fingerprint density at radius 1 is 1.50 bits per heavy atom. The van der Waals surface area contributed by atoms with Gasteiger partial charge in [-0.1, -0.05) is 0 Å². The van der Waals surface area contributed by atoms with E-state index in [1.54, 1.807) is 0 Å². The molecule has 0 saturated heterocycles. The van der Waals surface area contributed by atoms with Crippen molar-refractivity contribution < 1.29 is 9.72 Å². The minimum atomic E-state index is -0.779. The summed E-state index contributed by atoms with van der Waals surface area (Å²) in [5.41, 5.74) is 10.8. The van der Waals surface area contributed by atoms with Crippen LogP contribution in [0, 0.1) is 17.0 Å². The molecule has 0 aliphatic rings. The first-order valence-electron chi connectivity index (χ1n) is 4.84. The quantitative estimate of drug-likeness (QED) is 0.280. The maximum atomic E-state index is 11.1.